The molecule has 0 bridgehead atoms. The highest BCUT2D eigenvalue weighted by Crippen LogP contribution is 2.23. The van der Waals surface area contributed by atoms with Crippen LogP contribution in [0, 0.1) is 6.92 Å². The Morgan fingerprint density at radius 3 is 2.65 bits per heavy atom. The third-order valence-electron chi connectivity index (χ3n) is 4.15. The van der Waals surface area contributed by atoms with E-state index in [1.807, 2.05) is 24.3 Å². The molecule has 1 aliphatic rings. The molecule has 1 unspecified atom stereocenters. The minimum Gasteiger partial charge on any atom is -0.355 e. The van der Waals surface area contributed by atoms with Gasteiger partial charge in [0.15, 0.2) is 5.82 Å². The number of nitrogens with one attached hydrogen (secondary N) is 1. The van der Waals surface area contributed by atoms with E-state index in [9.17, 15) is 0 Å². The van der Waals surface area contributed by atoms with Gasteiger partial charge < -0.3 is 10.2 Å². The second kappa shape index (κ2) is 5.75. The van der Waals surface area contributed by atoms with E-state index in [1.165, 1.54) is 19.3 Å². The van der Waals surface area contributed by atoms with Gasteiger partial charge in [-0.1, -0.05) is 12.1 Å². The average molecular weight is 270 g/mol. The van der Waals surface area contributed by atoms with E-state index in [0.29, 0.717) is 6.04 Å². The van der Waals surface area contributed by atoms with Crippen molar-refractivity contribution in [2.45, 2.75) is 32.2 Å². The molecule has 0 amide bonds. The van der Waals surface area contributed by atoms with Crippen LogP contribution in [0.15, 0.2) is 24.3 Å². The smallest absolute Gasteiger partial charge is 0.150 e. The number of aryl methyl sites for hydroxylation is 1. The number of hydrogen-bond donors (Lipinski definition) is 1. The Morgan fingerprint density at radius 1 is 1.10 bits per heavy atom. The number of anilines is 1. The van der Waals surface area contributed by atoms with Crippen molar-refractivity contribution in [2.75, 3.05) is 25.0 Å². The second-order valence-corrected chi connectivity index (χ2v) is 5.57. The summed E-state index contributed by atoms with van der Waals surface area (Å²) in [5.41, 5.74) is 2.97. The summed E-state index contributed by atoms with van der Waals surface area (Å²) in [6.07, 6.45) is 3.62. The number of aromatic nitrogens is 2. The molecule has 1 fully saturated rings. The van der Waals surface area contributed by atoms with Gasteiger partial charge in [0.25, 0.3) is 0 Å². The Morgan fingerprint density at radius 2 is 1.85 bits per heavy atom. The Labute approximate surface area is 120 Å². The van der Waals surface area contributed by atoms with Gasteiger partial charge in [0.1, 0.15) is 0 Å². The molecule has 1 saturated heterocycles. The molecular weight excluding hydrogens is 248 g/mol. The van der Waals surface area contributed by atoms with E-state index in [-0.39, 0.29) is 0 Å². The molecule has 0 saturated carbocycles. The largest absolute Gasteiger partial charge is 0.355 e. The van der Waals surface area contributed by atoms with Crippen LogP contribution in [0.4, 0.5) is 5.82 Å². The Kier molecular flexibility index (Phi) is 3.83. The van der Waals surface area contributed by atoms with Crippen LogP contribution < -0.4 is 10.2 Å². The lowest BCUT2D eigenvalue weighted by atomic mass is 10.1. The summed E-state index contributed by atoms with van der Waals surface area (Å²) in [7, 11) is 2.15. The van der Waals surface area contributed by atoms with E-state index >= 15 is 0 Å². The first kappa shape index (κ1) is 13.3. The molecule has 3 rings (SSSR count). The molecular formula is C16H22N4. The summed E-state index contributed by atoms with van der Waals surface area (Å²) in [5.74, 6) is 1.02. The highest BCUT2D eigenvalue weighted by Gasteiger charge is 2.20. The van der Waals surface area contributed by atoms with Crippen molar-refractivity contribution in [1.82, 2.24) is 15.3 Å². The van der Waals surface area contributed by atoms with Crippen molar-refractivity contribution in [3.05, 3.63) is 30.0 Å². The van der Waals surface area contributed by atoms with Gasteiger partial charge in [-0.2, -0.15) is 0 Å². The molecule has 1 aromatic heterocycles. The minimum atomic E-state index is 0.555. The van der Waals surface area contributed by atoms with Gasteiger partial charge in [-0.05, 0) is 51.4 Å². The second-order valence-electron chi connectivity index (χ2n) is 5.57. The fourth-order valence-electron chi connectivity index (χ4n) is 2.97. The fraction of sp³-hybridized carbons (Fsp3) is 0.500. The Balaban J connectivity index is 1.93. The zero-order valence-electron chi connectivity index (χ0n) is 12.3. The monoisotopic (exact) mass is 270 g/mol. The maximum absolute atomic E-state index is 4.82. The summed E-state index contributed by atoms with van der Waals surface area (Å²) < 4.78 is 0. The highest BCUT2D eigenvalue weighted by atomic mass is 15.2. The maximum Gasteiger partial charge on any atom is 0.150 e. The van der Waals surface area contributed by atoms with Crippen LogP contribution in [0.1, 0.15) is 25.0 Å². The number of rotatable bonds is 2. The topological polar surface area (TPSA) is 41.1 Å². The molecule has 20 heavy (non-hydrogen) atoms. The molecule has 1 atom stereocenters. The van der Waals surface area contributed by atoms with Crippen LogP contribution in [-0.4, -0.2) is 36.1 Å². The number of hydrogen-bond acceptors (Lipinski definition) is 4. The van der Waals surface area contributed by atoms with Gasteiger partial charge in [-0.3, -0.25) is 0 Å². The molecule has 1 aromatic carbocycles. The van der Waals surface area contributed by atoms with Crippen molar-refractivity contribution in [2.24, 2.45) is 0 Å². The van der Waals surface area contributed by atoms with Crippen LogP contribution in [-0.2, 0) is 0 Å². The molecule has 4 heteroatoms. The van der Waals surface area contributed by atoms with Gasteiger partial charge in [0.05, 0.1) is 16.7 Å². The van der Waals surface area contributed by atoms with E-state index in [0.717, 1.165) is 35.6 Å². The predicted molar refractivity (Wildman–Crippen MR) is 83.2 cm³/mol. The number of benzene rings is 1. The standard InChI is InChI=1S/C16H22N4/c1-12-16(19-15-8-4-3-7-14(15)18-12)20(2)13-6-5-10-17-11-9-13/h3-4,7-8,13,17H,5-6,9-11H2,1-2H3. The first-order chi connectivity index (χ1) is 9.75. The van der Waals surface area contributed by atoms with Crippen LogP contribution >= 0.6 is 0 Å². The maximum atomic E-state index is 4.82. The lowest BCUT2D eigenvalue weighted by Crippen LogP contribution is -2.33. The van der Waals surface area contributed by atoms with Crippen LogP contribution in [0.25, 0.3) is 11.0 Å². The average Bonchev–Trinajstić information content (AvgIpc) is 2.75. The van der Waals surface area contributed by atoms with Crippen molar-refractivity contribution in [1.29, 1.82) is 0 Å². The first-order valence-electron chi connectivity index (χ1n) is 7.42. The fourth-order valence-corrected chi connectivity index (χ4v) is 2.97. The predicted octanol–water partition coefficient (Wildman–Crippen LogP) is 2.52. The molecule has 2 aromatic rings. The van der Waals surface area contributed by atoms with Gasteiger partial charge >= 0.3 is 0 Å². The third-order valence-corrected chi connectivity index (χ3v) is 4.15. The summed E-state index contributed by atoms with van der Waals surface area (Å²) in [6.45, 7) is 4.28. The molecule has 4 nitrogen and oxygen atoms in total. The number of fused-ring (bicyclic) bond motifs is 1. The quantitative estimate of drug-likeness (QED) is 0.910. The lowest BCUT2D eigenvalue weighted by Gasteiger charge is -2.29. The van der Waals surface area contributed by atoms with Crippen LogP contribution in [0.5, 0.6) is 0 Å². The lowest BCUT2D eigenvalue weighted by molar-refractivity contribution is 0.561. The summed E-state index contributed by atoms with van der Waals surface area (Å²) in [6, 6.07) is 8.64. The van der Waals surface area contributed by atoms with Crippen LogP contribution in [0.3, 0.4) is 0 Å². The summed E-state index contributed by atoms with van der Waals surface area (Å²) >= 11 is 0. The van der Waals surface area contributed by atoms with Gasteiger partial charge in [-0.25, -0.2) is 9.97 Å². The molecule has 2 heterocycles. The van der Waals surface area contributed by atoms with Gasteiger partial charge in [-0.15, -0.1) is 0 Å². The molecule has 0 radical (unpaired) electrons. The van der Waals surface area contributed by atoms with Gasteiger partial charge in [0, 0.05) is 13.1 Å². The van der Waals surface area contributed by atoms with E-state index in [4.69, 9.17) is 9.97 Å². The van der Waals surface area contributed by atoms with E-state index < -0.39 is 0 Å². The zero-order chi connectivity index (χ0) is 13.9. The molecule has 1 aliphatic heterocycles. The molecule has 106 valence electrons. The minimum absolute atomic E-state index is 0.555. The third kappa shape index (κ3) is 2.61. The zero-order valence-corrected chi connectivity index (χ0v) is 12.3. The van der Waals surface area contributed by atoms with Gasteiger partial charge in [0.2, 0.25) is 0 Å². The Bertz CT molecular complexity index is 588. The number of nitrogens with zero attached hydrogens (tertiary/aromatic N) is 3. The SMILES string of the molecule is Cc1nc2ccccc2nc1N(C)C1CCCNCC1. The Hall–Kier alpha value is -1.68. The summed E-state index contributed by atoms with van der Waals surface area (Å²) in [5, 5.41) is 3.47. The van der Waals surface area contributed by atoms with Crippen molar-refractivity contribution < 1.29 is 0 Å². The van der Waals surface area contributed by atoms with Crippen LogP contribution in [0.2, 0.25) is 0 Å². The van der Waals surface area contributed by atoms with E-state index in [1.54, 1.807) is 0 Å². The van der Waals surface area contributed by atoms with Crippen molar-refractivity contribution >= 4 is 16.9 Å². The van der Waals surface area contributed by atoms with Crippen molar-refractivity contribution in [3.8, 4) is 0 Å². The highest BCUT2D eigenvalue weighted by molar-refractivity contribution is 5.76. The van der Waals surface area contributed by atoms with Crippen molar-refractivity contribution in [3.63, 3.8) is 0 Å². The molecule has 0 spiro atoms. The molecule has 0 aliphatic carbocycles. The first-order valence-corrected chi connectivity index (χ1v) is 7.42. The summed E-state index contributed by atoms with van der Waals surface area (Å²) in [4.78, 5) is 11.8. The normalized spacial score (nSPS) is 19.8. The van der Waals surface area contributed by atoms with E-state index in [2.05, 4.69) is 24.2 Å². The number of para-hydroxylation sites is 2. The molecule has 1 N–H and O–H groups in total.